The molecule has 7 nitrogen and oxygen atoms in total. The number of benzene rings is 1. The smallest absolute Gasteiger partial charge is 0.335 e. The van der Waals surface area contributed by atoms with Crippen molar-refractivity contribution in [3.05, 3.63) is 29.8 Å². The standard InChI is InChI=1S/C18H23F3N4O3S/c1-2-29(26,27)22-11-12-6-8-15(9-7-12)23-17-24-16(25-28-17)13-4-3-5-14(10-13)18(19,20)21/h3-5,10,12,15,22H,2,6-9,11H2,1H3,(H,23,24,25). The van der Waals surface area contributed by atoms with Crippen molar-refractivity contribution < 1.29 is 26.1 Å². The van der Waals surface area contributed by atoms with Gasteiger partial charge in [-0.1, -0.05) is 17.3 Å². The van der Waals surface area contributed by atoms with Gasteiger partial charge in [0, 0.05) is 18.2 Å². The molecule has 1 saturated carbocycles. The van der Waals surface area contributed by atoms with Crippen LogP contribution in [0.3, 0.4) is 0 Å². The van der Waals surface area contributed by atoms with Gasteiger partial charge in [-0.25, -0.2) is 13.1 Å². The second-order valence-corrected chi connectivity index (χ2v) is 9.21. The van der Waals surface area contributed by atoms with Gasteiger partial charge in [-0.05, 0) is 50.7 Å². The summed E-state index contributed by atoms with van der Waals surface area (Å²) in [5.41, 5.74) is -0.546. The molecule has 29 heavy (non-hydrogen) atoms. The topological polar surface area (TPSA) is 97.1 Å². The molecule has 0 spiro atoms. The lowest BCUT2D eigenvalue weighted by Crippen LogP contribution is -2.34. The van der Waals surface area contributed by atoms with Crippen LogP contribution in [-0.4, -0.2) is 36.9 Å². The first-order chi connectivity index (χ1) is 13.7. The molecule has 160 valence electrons. The summed E-state index contributed by atoms with van der Waals surface area (Å²) in [7, 11) is -3.19. The molecule has 1 heterocycles. The van der Waals surface area contributed by atoms with Crippen molar-refractivity contribution in [2.45, 2.75) is 44.8 Å². The summed E-state index contributed by atoms with van der Waals surface area (Å²) in [6.45, 7) is 2.03. The number of hydrogen-bond acceptors (Lipinski definition) is 6. The minimum absolute atomic E-state index is 0.0648. The quantitative estimate of drug-likeness (QED) is 0.693. The van der Waals surface area contributed by atoms with Crippen molar-refractivity contribution in [3.63, 3.8) is 0 Å². The molecule has 2 aromatic rings. The maximum Gasteiger partial charge on any atom is 0.416 e. The number of anilines is 1. The fraction of sp³-hybridized carbons (Fsp3) is 0.556. The van der Waals surface area contributed by atoms with Gasteiger partial charge in [-0.2, -0.15) is 18.2 Å². The zero-order chi connectivity index (χ0) is 21.1. The summed E-state index contributed by atoms with van der Waals surface area (Å²) in [6.07, 6.45) is -1.14. The van der Waals surface area contributed by atoms with Crippen LogP contribution in [0.25, 0.3) is 11.4 Å². The van der Waals surface area contributed by atoms with E-state index in [2.05, 4.69) is 20.2 Å². The maximum absolute atomic E-state index is 12.9. The number of hydrogen-bond donors (Lipinski definition) is 2. The van der Waals surface area contributed by atoms with E-state index in [-0.39, 0.29) is 35.1 Å². The van der Waals surface area contributed by atoms with Crippen LogP contribution in [-0.2, 0) is 16.2 Å². The highest BCUT2D eigenvalue weighted by atomic mass is 32.2. The van der Waals surface area contributed by atoms with Crippen molar-refractivity contribution in [1.29, 1.82) is 0 Å². The lowest BCUT2D eigenvalue weighted by atomic mass is 9.86. The van der Waals surface area contributed by atoms with Crippen molar-refractivity contribution in [2.24, 2.45) is 5.92 Å². The Morgan fingerprint density at radius 3 is 2.59 bits per heavy atom. The van der Waals surface area contributed by atoms with Gasteiger partial charge < -0.3 is 9.84 Å². The zero-order valence-electron chi connectivity index (χ0n) is 15.9. The Bertz CT molecular complexity index is 922. The number of aromatic nitrogens is 2. The molecule has 0 aliphatic heterocycles. The predicted molar refractivity (Wildman–Crippen MR) is 102 cm³/mol. The molecule has 0 bridgehead atoms. The second kappa shape index (κ2) is 8.70. The first-order valence-corrected chi connectivity index (χ1v) is 11.1. The van der Waals surface area contributed by atoms with E-state index in [9.17, 15) is 21.6 Å². The largest absolute Gasteiger partial charge is 0.416 e. The molecule has 0 saturated heterocycles. The summed E-state index contributed by atoms with van der Waals surface area (Å²) in [5.74, 6) is 0.425. The molecule has 1 fully saturated rings. The van der Waals surface area contributed by atoms with Crippen LogP contribution in [0.4, 0.5) is 19.2 Å². The minimum Gasteiger partial charge on any atom is -0.335 e. The van der Waals surface area contributed by atoms with Gasteiger partial charge in [-0.15, -0.1) is 0 Å². The van der Waals surface area contributed by atoms with Crippen LogP contribution in [0.2, 0.25) is 0 Å². The highest BCUT2D eigenvalue weighted by Crippen LogP contribution is 2.32. The first-order valence-electron chi connectivity index (χ1n) is 9.41. The summed E-state index contributed by atoms with van der Waals surface area (Å²) < 4.78 is 69.4. The predicted octanol–water partition coefficient (Wildman–Crippen LogP) is 3.67. The summed E-state index contributed by atoms with van der Waals surface area (Å²) in [4.78, 5) is 4.15. The van der Waals surface area contributed by atoms with Gasteiger partial charge in [0.25, 0.3) is 0 Å². The SMILES string of the molecule is CCS(=O)(=O)NCC1CCC(Nc2nc(-c3cccc(C(F)(F)F)c3)no2)CC1. The molecule has 1 aromatic heterocycles. The molecule has 0 radical (unpaired) electrons. The van der Waals surface area contributed by atoms with Crippen LogP contribution in [0.5, 0.6) is 0 Å². The van der Waals surface area contributed by atoms with Gasteiger partial charge in [0.05, 0.1) is 11.3 Å². The van der Waals surface area contributed by atoms with E-state index >= 15 is 0 Å². The van der Waals surface area contributed by atoms with E-state index < -0.39 is 21.8 Å². The Morgan fingerprint density at radius 1 is 1.21 bits per heavy atom. The molecule has 2 N–H and O–H groups in total. The number of nitrogens with one attached hydrogen (secondary N) is 2. The lowest BCUT2D eigenvalue weighted by Gasteiger charge is -2.28. The van der Waals surface area contributed by atoms with Gasteiger partial charge in [-0.3, -0.25) is 0 Å². The van der Waals surface area contributed by atoms with E-state index in [1.807, 2.05) is 0 Å². The van der Waals surface area contributed by atoms with E-state index in [1.54, 1.807) is 6.92 Å². The number of nitrogens with zero attached hydrogens (tertiary/aromatic N) is 2. The molecule has 1 aliphatic carbocycles. The second-order valence-electron chi connectivity index (χ2n) is 7.12. The summed E-state index contributed by atoms with van der Waals surface area (Å²) >= 11 is 0. The average molecular weight is 432 g/mol. The van der Waals surface area contributed by atoms with Gasteiger partial charge in [0.15, 0.2) is 0 Å². The normalized spacial score (nSPS) is 20.6. The van der Waals surface area contributed by atoms with Crippen LogP contribution < -0.4 is 10.0 Å². The van der Waals surface area contributed by atoms with Gasteiger partial charge in [0.1, 0.15) is 0 Å². The number of alkyl halides is 3. The molecule has 3 rings (SSSR count). The van der Waals surface area contributed by atoms with E-state index in [0.717, 1.165) is 37.8 Å². The van der Waals surface area contributed by atoms with Crippen LogP contribution in [0.1, 0.15) is 38.2 Å². The van der Waals surface area contributed by atoms with Gasteiger partial charge >= 0.3 is 12.2 Å². The van der Waals surface area contributed by atoms with E-state index in [4.69, 9.17) is 4.52 Å². The highest BCUT2D eigenvalue weighted by Gasteiger charge is 2.31. The third-order valence-electron chi connectivity index (χ3n) is 5.02. The molecule has 0 unspecified atom stereocenters. The molecule has 0 atom stereocenters. The van der Waals surface area contributed by atoms with Crippen molar-refractivity contribution in [2.75, 3.05) is 17.6 Å². The number of sulfonamides is 1. The summed E-state index contributed by atoms with van der Waals surface area (Å²) in [6, 6.07) is 5.01. The Hall–Kier alpha value is -2.14. The van der Waals surface area contributed by atoms with Crippen molar-refractivity contribution in [1.82, 2.24) is 14.9 Å². The molecule has 0 amide bonds. The molecule has 1 aliphatic rings. The monoisotopic (exact) mass is 432 g/mol. The average Bonchev–Trinajstić information content (AvgIpc) is 3.15. The molecular weight excluding hydrogens is 409 g/mol. The zero-order valence-corrected chi connectivity index (χ0v) is 16.7. The van der Waals surface area contributed by atoms with Crippen LogP contribution in [0.15, 0.2) is 28.8 Å². The lowest BCUT2D eigenvalue weighted by molar-refractivity contribution is -0.137. The van der Waals surface area contributed by atoms with E-state index in [1.165, 1.54) is 12.1 Å². The Kier molecular flexibility index (Phi) is 6.47. The first kappa shape index (κ1) is 21.6. The third-order valence-corrected chi connectivity index (χ3v) is 6.39. The Labute approximate surface area is 167 Å². The highest BCUT2D eigenvalue weighted by molar-refractivity contribution is 7.89. The Morgan fingerprint density at radius 2 is 1.93 bits per heavy atom. The van der Waals surface area contributed by atoms with Crippen molar-refractivity contribution >= 4 is 16.0 Å². The minimum atomic E-state index is -4.44. The Balaban J connectivity index is 1.54. The summed E-state index contributed by atoms with van der Waals surface area (Å²) in [5, 5.41) is 6.88. The molecular formula is C18H23F3N4O3S. The number of rotatable bonds is 7. The van der Waals surface area contributed by atoms with Crippen LogP contribution >= 0.6 is 0 Å². The molecule has 1 aromatic carbocycles. The van der Waals surface area contributed by atoms with Crippen molar-refractivity contribution in [3.8, 4) is 11.4 Å². The third kappa shape index (κ3) is 5.92. The van der Waals surface area contributed by atoms with E-state index in [0.29, 0.717) is 6.54 Å². The fourth-order valence-corrected chi connectivity index (χ4v) is 3.96. The molecule has 11 heteroatoms. The number of halogens is 3. The fourth-order valence-electron chi connectivity index (χ4n) is 3.27. The van der Waals surface area contributed by atoms with Gasteiger partial charge in [0.2, 0.25) is 15.8 Å². The van der Waals surface area contributed by atoms with Crippen LogP contribution in [0, 0.1) is 5.92 Å². The maximum atomic E-state index is 12.9.